The van der Waals surface area contributed by atoms with Crippen LogP contribution in [0, 0.1) is 15.3 Å². The summed E-state index contributed by atoms with van der Waals surface area (Å²) in [7, 11) is 0. The molecule has 0 fully saturated rings. The quantitative estimate of drug-likeness (QED) is 0.360. The van der Waals surface area contributed by atoms with Gasteiger partial charge in [0.25, 0.3) is 0 Å². The van der Waals surface area contributed by atoms with Gasteiger partial charge in [0, 0.05) is 5.10 Å². The fourth-order valence-corrected chi connectivity index (χ4v) is 0.186. The second-order valence-corrected chi connectivity index (χ2v) is 0.925. The molecular weight excluding hydrogens is 128 g/mol. The van der Waals surface area contributed by atoms with E-state index in [9.17, 15) is 0 Å². The van der Waals surface area contributed by atoms with E-state index in [1.54, 1.807) is 12.4 Å². The largest absolute Gasteiger partial charge is 0.356 e. The van der Waals surface area contributed by atoms with E-state index in [0.29, 0.717) is 0 Å². The van der Waals surface area contributed by atoms with Crippen LogP contribution >= 0.6 is 0 Å². The SMILES string of the molecule is O=[N+]([O-])[O-].c1c[nH+][nH]n1. The molecule has 9 heavy (non-hydrogen) atoms. The van der Waals surface area contributed by atoms with Crippen molar-refractivity contribution in [3.05, 3.63) is 27.7 Å². The molecule has 1 aromatic heterocycles. The van der Waals surface area contributed by atoms with Gasteiger partial charge < -0.3 is 15.3 Å². The van der Waals surface area contributed by atoms with Crippen molar-refractivity contribution in [1.29, 1.82) is 0 Å². The lowest BCUT2D eigenvalue weighted by atomic mass is 11.0. The van der Waals surface area contributed by atoms with Crippen LogP contribution in [-0.4, -0.2) is 15.4 Å². The number of hydrogen-bond acceptors (Lipinski definition) is 4. The monoisotopic (exact) mass is 132 g/mol. The van der Waals surface area contributed by atoms with Gasteiger partial charge in [0.2, 0.25) is 6.20 Å². The van der Waals surface area contributed by atoms with Gasteiger partial charge in [0.15, 0.2) is 6.20 Å². The van der Waals surface area contributed by atoms with Gasteiger partial charge in [0.1, 0.15) is 0 Å². The lowest BCUT2D eigenvalue weighted by molar-refractivity contribution is -0.454. The standard InChI is InChI=1S/C2H3N3.NO3/c1-2-4-5-3-1;2-1(3)4/h1-2H,(H,3,4,5);/q;-1/p+1. The summed E-state index contributed by atoms with van der Waals surface area (Å²) in [4.78, 5) is 8.25. The minimum Gasteiger partial charge on any atom is -0.356 e. The molecule has 0 spiro atoms. The molecule has 7 heteroatoms. The molecule has 1 aromatic rings. The number of nitrogens with zero attached hydrogens (tertiary/aromatic N) is 2. The molecule has 0 unspecified atom stereocenters. The summed E-state index contributed by atoms with van der Waals surface area (Å²) in [6, 6.07) is 0. The second-order valence-electron chi connectivity index (χ2n) is 0.925. The van der Waals surface area contributed by atoms with Crippen molar-refractivity contribution in [2.24, 2.45) is 0 Å². The maximum absolute atomic E-state index is 8.25. The average Bonchev–Trinajstić information content (AvgIpc) is 2.11. The van der Waals surface area contributed by atoms with Gasteiger partial charge >= 0.3 is 0 Å². The first-order valence-electron chi connectivity index (χ1n) is 1.90. The molecule has 0 saturated heterocycles. The zero-order valence-corrected chi connectivity index (χ0v) is 4.27. The molecule has 1 heterocycles. The molecular formula is C2H4N4O3. The van der Waals surface area contributed by atoms with E-state index in [2.05, 4.69) is 15.4 Å². The predicted molar refractivity (Wildman–Crippen MR) is 25.5 cm³/mol. The van der Waals surface area contributed by atoms with Crippen molar-refractivity contribution < 1.29 is 10.2 Å². The third-order valence-corrected chi connectivity index (χ3v) is 0.362. The fraction of sp³-hybridized carbons (Fsp3) is 0. The van der Waals surface area contributed by atoms with Gasteiger partial charge in [-0.1, -0.05) is 5.21 Å². The van der Waals surface area contributed by atoms with Crippen LogP contribution in [0.5, 0.6) is 0 Å². The Kier molecular flexibility index (Phi) is 3.67. The highest BCUT2D eigenvalue weighted by Gasteiger charge is 1.68. The van der Waals surface area contributed by atoms with E-state index < -0.39 is 5.09 Å². The van der Waals surface area contributed by atoms with Crippen molar-refractivity contribution in [2.75, 3.05) is 0 Å². The molecule has 0 aliphatic rings. The highest BCUT2D eigenvalue weighted by atomic mass is 16.9. The maximum atomic E-state index is 8.25. The van der Waals surface area contributed by atoms with Crippen molar-refractivity contribution >= 4 is 0 Å². The van der Waals surface area contributed by atoms with E-state index in [1.807, 2.05) is 0 Å². The van der Waals surface area contributed by atoms with Gasteiger partial charge in [-0.15, -0.1) is 0 Å². The molecule has 0 amide bonds. The molecule has 0 aliphatic carbocycles. The van der Waals surface area contributed by atoms with E-state index in [-0.39, 0.29) is 0 Å². The first-order chi connectivity index (χ1) is 4.23. The highest BCUT2D eigenvalue weighted by molar-refractivity contribution is 4.45. The summed E-state index contributed by atoms with van der Waals surface area (Å²) in [6.45, 7) is 0. The lowest BCUT2D eigenvalue weighted by Gasteiger charge is -1.74. The van der Waals surface area contributed by atoms with Crippen LogP contribution in [-0.2, 0) is 0 Å². The molecule has 0 saturated carbocycles. The van der Waals surface area contributed by atoms with Crippen molar-refractivity contribution in [1.82, 2.24) is 10.3 Å². The molecule has 1 rings (SSSR count). The Balaban J connectivity index is 0.000000148. The molecule has 0 aliphatic heterocycles. The molecule has 0 bridgehead atoms. The first kappa shape index (κ1) is 7.34. The van der Waals surface area contributed by atoms with Crippen LogP contribution in [0.2, 0.25) is 0 Å². The van der Waals surface area contributed by atoms with Crippen molar-refractivity contribution in [3.63, 3.8) is 0 Å². The summed E-state index contributed by atoms with van der Waals surface area (Å²) in [5.41, 5.74) is 0. The van der Waals surface area contributed by atoms with Crippen molar-refractivity contribution in [2.45, 2.75) is 0 Å². The molecule has 0 aromatic carbocycles. The number of aromatic amines is 2. The highest BCUT2D eigenvalue weighted by Crippen LogP contribution is 1.47. The molecule has 0 atom stereocenters. The third kappa shape index (κ3) is 10.7. The number of aromatic nitrogens is 3. The first-order valence-corrected chi connectivity index (χ1v) is 1.90. The summed E-state index contributed by atoms with van der Waals surface area (Å²) in [5.74, 6) is 0. The van der Waals surface area contributed by atoms with Gasteiger partial charge in [-0.05, 0) is 0 Å². The Labute approximate surface area is 49.4 Å². The number of H-pyrrole nitrogens is 2. The molecule has 7 nitrogen and oxygen atoms in total. The van der Waals surface area contributed by atoms with Crippen molar-refractivity contribution in [3.8, 4) is 0 Å². The normalized spacial score (nSPS) is 7.11. The minimum atomic E-state index is -1.75. The number of nitrogens with one attached hydrogen (secondary N) is 2. The topological polar surface area (TPSA) is 109 Å². The van der Waals surface area contributed by atoms with Gasteiger partial charge in [-0.25, -0.2) is 0 Å². The zero-order chi connectivity index (χ0) is 7.11. The van der Waals surface area contributed by atoms with Crippen LogP contribution in [0.4, 0.5) is 0 Å². The zero-order valence-electron chi connectivity index (χ0n) is 4.27. The summed E-state index contributed by atoms with van der Waals surface area (Å²) in [6.07, 6.45) is 3.35. The van der Waals surface area contributed by atoms with Crippen LogP contribution in [0.15, 0.2) is 12.4 Å². The summed E-state index contributed by atoms with van der Waals surface area (Å²) < 4.78 is 0. The van der Waals surface area contributed by atoms with Crippen LogP contribution in [0.3, 0.4) is 0 Å². The predicted octanol–water partition coefficient (Wildman–Crippen LogP) is -1.02. The average molecular weight is 132 g/mol. The smallest absolute Gasteiger partial charge is 0.205 e. The Morgan fingerprint density at radius 3 is 2.33 bits per heavy atom. The van der Waals surface area contributed by atoms with E-state index in [0.717, 1.165) is 0 Å². The van der Waals surface area contributed by atoms with Gasteiger partial charge in [0.05, 0.1) is 5.09 Å². The Morgan fingerprint density at radius 1 is 1.67 bits per heavy atom. The number of rotatable bonds is 0. The van der Waals surface area contributed by atoms with Crippen LogP contribution < -0.4 is 5.10 Å². The Hall–Kier alpha value is -1.66. The lowest BCUT2D eigenvalue weighted by Crippen LogP contribution is -1.97. The molecule has 2 N–H and O–H groups in total. The van der Waals surface area contributed by atoms with E-state index >= 15 is 0 Å². The molecule has 0 radical (unpaired) electrons. The van der Waals surface area contributed by atoms with E-state index in [4.69, 9.17) is 15.3 Å². The minimum absolute atomic E-state index is 1.64. The number of hydrogen-bond donors (Lipinski definition) is 1. The van der Waals surface area contributed by atoms with Crippen LogP contribution in [0.1, 0.15) is 0 Å². The Bertz CT molecular complexity index is 128. The molecule has 50 valence electrons. The Morgan fingerprint density at radius 2 is 2.22 bits per heavy atom. The summed E-state index contributed by atoms with van der Waals surface area (Å²) >= 11 is 0. The fourth-order valence-electron chi connectivity index (χ4n) is 0.186. The summed E-state index contributed by atoms with van der Waals surface area (Å²) in [5, 5.41) is 23.4. The second kappa shape index (κ2) is 4.50. The van der Waals surface area contributed by atoms with Crippen LogP contribution in [0.25, 0.3) is 0 Å². The van der Waals surface area contributed by atoms with Gasteiger partial charge in [-0.3, -0.25) is 0 Å². The van der Waals surface area contributed by atoms with E-state index in [1.165, 1.54) is 0 Å². The van der Waals surface area contributed by atoms with Gasteiger partial charge in [-0.2, -0.15) is 5.10 Å². The maximum Gasteiger partial charge on any atom is 0.205 e. The third-order valence-electron chi connectivity index (χ3n) is 0.362.